The maximum absolute atomic E-state index is 13.2. The van der Waals surface area contributed by atoms with Gasteiger partial charge in [-0.1, -0.05) is 19.9 Å². The number of amides is 1. The summed E-state index contributed by atoms with van der Waals surface area (Å²) in [5.74, 6) is 0.863. The predicted molar refractivity (Wildman–Crippen MR) is 118 cm³/mol. The highest BCUT2D eigenvalue weighted by atomic mass is 32.1. The fourth-order valence-electron chi connectivity index (χ4n) is 4.26. The summed E-state index contributed by atoms with van der Waals surface area (Å²) in [6.07, 6.45) is 1.74. The van der Waals surface area contributed by atoms with Crippen LogP contribution in [-0.4, -0.2) is 33.0 Å². The molecule has 4 heterocycles. The first-order valence-electron chi connectivity index (χ1n) is 9.95. The molecule has 3 aromatic heterocycles. The van der Waals surface area contributed by atoms with Gasteiger partial charge in [-0.15, -0.1) is 22.7 Å². The van der Waals surface area contributed by atoms with Crippen LogP contribution in [0.1, 0.15) is 25.1 Å². The summed E-state index contributed by atoms with van der Waals surface area (Å²) >= 11 is 2.93. The van der Waals surface area contributed by atoms with Crippen LogP contribution >= 0.6 is 22.7 Å². The van der Waals surface area contributed by atoms with Crippen molar-refractivity contribution in [2.45, 2.75) is 39.8 Å². The first-order valence-corrected chi connectivity index (χ1v) is 11.7. The summed E-state index contributed by atoms with van der Waals surface area (Å²) in [5.41, 5.74) is -0.104. The summed E-state index contributed by atoms with van der Waals surface area (Å²) in [6.45, 7) is 6.06. The maximum Gasteiger partial charge on any atom is 0.332 e. The highest BCUT2D eigenvalue weighted by Gasteiger charge is 2.26. The minimum atomic E-state index is -0.399. The van der Waals surface area contributed by atoms with Crippen molar-refractivity contribution in [3.8, 4) is 0 Å². The topological polar surface area (TPSA) is 64.3 Å². The molecule has 1 aliphatic rings. The van der Waals surface area contributed by atoms with Gasteiger partial charge in [0, 0.05) is 24.5 Å². The number of hydrogen-bond acceptors (Lipinski definition) is 5. The molecule has 0 saturated carbocycles. The standard InChI is InChI=1S/C21H25N3O3S2/c1-14-10-15(2)12-22(11-14)18(25)13-24-17-6-9-29-19(17)20(26)23(21(24)27)7-5-16-4-3-8-28-16/h3-4,6,8-9,14-15H,5,7,10-13H2,1-2H3. The van der Waals surface area contributed by atoms with Gasteiger partial charge in [0.15, 0.2) is 0 Å². The summed E-state index contributed by atoms with van der Waals surface area (Å²) in [4.78, 5) is 42.0. The number of aromatic nitrogens is 2. The van der Waals surface area contributed by atoms with E-state index in [0.29, 0.717) is 35.0 Å². The average molecular weight is 432 g/mol. The van der Waals surface area contributed by atoms with Crippen molar-refractivity contribution in [1.82, 2.24) is 14.0 Å². The molecule has 6 nitrogen and oxygen atoms in total. The number of nitrogens with zero attached hydrogens (tertiary/aromatic N) is 3. The van der Waals surface area contributed by atoms with Gasteiger partial charge in [-0.3, -0.25) is 18.7 Å². The lowest BCUT2D eigenvalue weighted by Crippen LogP contribution is -2.47. The first kappa shape index (κ1) is 20.1. The fraction of sp³-hybridized carbons (Fsp3) is 0.476. The Morgan fingerprint density at radius 1 is 1.07 bits per heavy atom. The molecule has 2 atom stereocenters. The van der Waals surface area contributed by atoms with E-state index in [-0.39, 0.29) is 18.0 Å². The molecule has 0 N–H and O–H groups in total. The normalized spacial score (nSPS) is 19.7. The van der Waals surface area contributed by atoms with Crippen LogP contribution in [0.4, 0.5) is 0 Å². The SMILES string of the molecule is CC1CC(C)CN(C(=O)Cn2c(=O)n(CCc3cccs3)c(=O)c3sccc32)C1. The first-order chi connectivity index (χ1) is 13.9. The zero-order valence-electron chi connectivity index (χ0n) is 16.7. The van der Waals surface area contributed by atoms with Gasteiger partial charge < -0.3 is 4.90 Å². The van der Waals surface area contributed by atoms with Crippen molar-refractivity contribution in [3.63, 3.8) is 0 Å². The largest absolute Gasteiger partial charge is 0.341 e. The molecular formula is C21H25N3O3S2. The van der Waals surface area contributed by atoms with Crippen LogP contribution in [0.25, 0.3) is 10.2 Å². The minimum absolute atomic E-state index is 0.0230. The number of piperidine rings is 1. The molecule has 3 aromatic rings. The zero-order chi connectivity index (χ0) is 20.5. The Morgan fingerprint density at radius 3 is 2.52 bits per heavy atom. The molecular weight excluding hydrogens is 406 g/mol. The van der Waals surface area contributed by atoms with Crippen molar-refractivity contribution in [3.05, 3.63) is 54.7 Å². The van der Waals surface area contributed by atoms with Crippen LogP contribution in [0.3, 0.4) is 0 Å². The molecule has 2 unspecified atom stereocenters. The van der Waals surface area contributed by atoms with Crippen molar-refractivity contribution in [1.29, 1.82) is 0 Å². The van der Waals surface area contributed by atoms with Gasteiger partial charge in [0.2, 0.25) is 5.91 Å². The number of carbonyl (C=O) groups is 1. The van der Waals surface area contributed by atoms with E-state index in [4.69, 9.17) is 0 Å². The van der Waals surface area contributed by atoms with Gasteiger partial charge in [-0.25, -0.2) is 4.79 Å². The highest BCUT2D eigenvalue weighted by molar-refractivity contribution is 7.17. The number of hydrogen-bond donors (Lipinski definition) is 0. The number of rotatable bonds is 5. The number of carbonyl (C=O) groups excluding carboxylic acids is 1. The molecule has 0 bridgehead atoms. The molecule has 1 amide bonds. The predicted octanol–water partition coefficient (Wildman–Crippen LogP) is 3.03. The second kappa shape index (κ2) is 8.28. The van der Waals surface area contributed by atoms with Gasteiger partial charge in [0.1, 0.15) is 11.2 Å². The molecule has 29 heavy (non-hydrogen) atoms. The van der Waals surface area contributed by atoms with Crippen LogP contribution in [0.15, 0.2) is 38.5 Å². The molecule has 1 aliphatic heterocycles. The van der Waals surface area contributed by atoms with Gasteiger partial charge in [-0.2, -0.15) is 0 Å². The van der Waals surface area contributed by atoms with Crippen molar-refractivity contribution in [2.24, 2.45) is 11.8 Å². The lowest BCUT2D eigenvalue weighted by atomic mass is 9.92. The lowest BCUT2D eigenvalue weighted by Gasteiger charge is -2.35. The second-order valence-electron chi connectivity index (χ2n) is 8.03. The minimum Gasteiger partial charge on any atom is -0.341 e. The van der Waals surface area contributed by atoms with Crippen LogP contribution in [0.2, 0.25) is 0 Å². The maximum atomic E-state index is 13.2. The van der Waals surface area contributed by atoms with Crippen LogP contribution < -0.4 is 11.2 Å². The lowest BCUT2D eigenvalue weighted by molar-refractivity contribution is -0.134. The van der Waals surface area contributed by atoms with E-state index < -0.39 is 5.69 Å². The quantitative estimate of drug-likeness (QED) is 0.624. The van der Waals surface area contributed by atoms with Crippen LogP contribution in [0.5, 0.6) is 0 Å². The fourth-order valence-corrected chi connectivity index (χ4v) is 5.80. The smallest absolute Gasteiger partial charge is 0.332 e. The highest BCUT2D eigenvalue weighted by Crippen LogP contribution is 2.22. The van der Waals surface area contributed by atoms with Crippen LogP contribution in [-0.2, 0) is 24.3 Å². The van der Waals surface area contributed by atoms with E-state index in [2.05, 4.69) is 13.8 Å². The van der Waals surface area contributed by atoms with Crippen molar-refractivity contribution < 1.29 is 4.79 Å². The van der Waals surface area contributed by atoms with E-state index in [1.807, 2.05) is 22.4 Å². The van der Waals surface area contributed by atoms with Gasteiger partial charge in [0.25, 0.3) is 5.56 Å². The third-order valence-corrected chi connectivity index (χ3v) is 7.34. The van der Waals surface area contributed by atoms with E-state index in [1.165, 1.54) is 20.5 Å². The third-order valence-electron chi connectivity index (χ3n) is 5.51. The summed E-state index contributed by atoms with van der Waals surface area (Å²) in [5, 5.41) is 3.79. The Hall–Kier alpha value is -2.19. The molecule has 4 rings (SSSR count). The van der Waals surface area contributed by atoms with E-state index in [9.17, 15) is 14.4 Å². The molecule has 8 heteroatoms. The van der Waals surface area contributed by atoms with Gasteiger partial charge in [-0.05, 0) is 47.6 Å². The van der Waals surface area contributed by atoms with Gasteiger partial charge in [0.05, 0.1) is 5.52 Å². The molecule has 1 fully saturated rings. The van der Waals surface area contributed by atoms with Crippen molar-refractivity contribution >= 4 is 38.8 Å². The monoisotopic (exact) mass is 431 g/mol. The molecule has 0 aromatic carbocycles. The molecule has 0 spiro atoms. The summed E-state index contributed by atoms with van der Waals surface area (Å²) in [7, 11) is 0. The van der Waals surface area contributed by atoms with Crippen molar-refractivity contribution in [2.75, 3.05) is 13.1 Å². The Bertz CT molecular complexity index is 1120. The molecule has 1 saturated heterocycles. The Kier molecular flexibility index (Phi) is 5.74. The number of aryl methyl sites for hydroxylation is 1. The average Bonchev–Trinajstić information content (AvgIpc) is 3.36. The van der Waals surface area contributed by atoms with Crippen LogP contribution in [0, 0.1) is 11.8 Å². The third kappa shape index (κ3) is 4.09. The number of thiophene rings is 2. The summed E-state index contributed by atoms with van der Waals surface area (Å²) in [6, 6.07) is 5.73. The Morgan fingerprint density at radius 2 is 1.83 bits per heavy atom. The molecule has 0 radical (unpaired) electrons. The second-order valence-corrected chi connectivity index (χ2v) is 9.98. The van der Waals surface area contributed by atoms with E-state index in [1.54, 1.807) is 22.8 Å². The molecule has 0 aliphatic carbocycles. The summed E-state index contributed by atoms with van der Waals surface area (Å²) < 4.78 is 3.30. The van der Waals surface area contributed by atoms with E-state index in [0.717, 1.165) is 24.4 Å². The van der Waals surface area contributed by atoms with Gasteiger partial charge >= 0.3 is 5.69 Å². The number of likely N-dealkylation sites (tertiary alicyclic amines) is 1. The Balaban J connectivity index is 1.66. The zero-order valence-corrected chi connectivity index (χ0v) is 18.3. The van der Waals surface area contributed by atoms with E-state index >= 15 is 0 Å². The molecule has 154 valence electrons. The number of fused-ring (bicyclic) bond motifs is 1. The Labute approximate surface area is 177 Å².